The second-order valence-electron chi connectivity index (χ2n) is 5.80. The average Bonchev–Trinajstić information content (AvgIpc) is 3.00. The van der Waals surface area contributed by atoms with Gasteiger partial charge in [0.05, 0.1) is 0 Å². The molecule has 2 aliphatic heterocycles. The van der Waals surface area contributed by atoms with E-state index in [0.717, 1.165) is 6.54 Å². The monoisotopic (exact) mass is 259 g/mol. The quantitative estimate of drug-likeness (QED) is 0.866. The first-order valence-corrected chi connectivity index (χ1v) is 7.68. The van der Waals surface area contributed by atoms with Crippen molar-refractivity contribution in [1.82, 2.24) is 10.6 Å². The SMILES string of the molecule is c1ccc(N2CCC(NC[C@@H]3CCCN3)CC2)cc1. The third kappa shape index (κ3) is 3.48. The van der Waals surface area contributed by atoms with Crippen LogP contribution in [0.3, 0.4) is 0 Å². The van der Waals surface area contributed by atoms with Gasteiger partial charge in [-0.1, -0.05) is 18.2 Å². The first kappa shape index (κ1) is 12.9. The Balaban J connectivity index is 1.42. The zero-order valence-corrected chi connectivity index (χ0v) is 11.6. The summed E-state index contributed by atoms with van der Waals surface area (Å²) in [6.45, 7) is 4.72. The van der Waals surface area contributed by atoms with Gasteiger partial charge in [-0.05, 0) is 44.4 Å². The van der Waals surface area contributed by atoms with Gasteiger partial charge in [-0.2, -0.15) is 0 Å². The molecule has 104 valence electrons. The summed E-state index contributed by atoms with van der Waals surface area (Å²) in [6, 6.07) is 12.2. The molecule has 0 unspecified atom stereocenters. The van der Waals surface area contributed by atoms with Crippen LogP contribution in [-0.2, 0) is 0 Å². The minimum absolute atomic E-state index is 0.711. The highest BCUT2D eigenvalue weighted by Crippen LogP contribution is 2.19. The molecule has 0 saturated carbocycles. The Morgan fingerprint density at radius 3 is 2.58 bits per heavy atom. The van der Waals surface area contributed by atoms with Crippen LogP contribution in [0.4, 0.5) is 5.69 Å². The van der Waals surface area contributed by atoms with Crippen LogP contribution in [0.15, 0.2) is 30.3 Å². The molecule has 3 heteroatoms. The molecule has 0 spiro atoms. The molecule has 1 aromatic carbocycles. The summed E-state index contributed by atoms with van der Waals surface area (Å²) in [6.07, 6.45) is 5.22. The molecule has 0 aliphatic carbocycles. The van der Waals surface area contributed by atoms with Gasteiger partial charge in [-0.25, -0.2) is 0 Å². The highest BCUT2D eigenvalue weighted by atomic mass is 15.1. The molecule has 3 rings (SSSR count). The van der Waals surface area contributed by atoms with Crippen molar-refractivity contribution in [3.8, 4) is 0 Å². The second kappa shape index (κ2) is 6.40. The molecule has 0 amide bonds. The molecular formula is C16H25N3. The maximum Gasteiger partial charge on any atom is 0.0366 e. The van der Waals surface area contributed by atoms with Crippen molar-refractivity contribution in [2.75, 3.05) is 31.1 Å². The Morgan fingerprint density at radius 1 is 1.11 bits per heavy atom. The van der Waals surface area contributed by atoms with E-state index < -0.39 is 0 Å². The molecule has 2 fully saturated rings. The summed E-state index contributed by atoms with van der Waals surface area (Å²) in [5.41, 5.74) is 1.37. The fourth-order valence-electron chi connectivity index (χ4n) is 3.22. The van der Waals surface area contributed by atoms with Crippen LogP contribution in [0.1, 0.15) is 25.7 Å². The Kier molecular flexibility index (Phi) is 4.36. The van der Waals surface area contributed by atoms with E-state index in [2.05, 4.69) is 45.9 Å². The molecule has 0 radical (unpaired) electrons. The lowest BCUT2D eigenvalue weighted by molar-refractivity contribution is 0.393. The summed E-state index contributed by atoms with van der Waals surface area (Å²) in [5.74, 6) is 0. The Morgan fingerprint density at radius 2 is 1.89 bits per heavy atom. The summed E-state index contributed by atoms with van der Waals surface area (Å²) in [5, 5.41) is 7.30. The van der Waals surface area contributed by atoms with E-state index in [4.69, 9.17) is 0 Å². The number of hydrogen-bond acceptors (Lipinski definition) is 3. The van der Waals surface area contributed by atoms with Crippen LogP contribution in [0, 0.1) is 0 Å². The number of benzene rings is 1. The topological polar surface area (TPSA) is 27.3 Å². The largest absolute Gasteiger partial charge is 0.371 e. The molecule has 0 aromatic heterocycles. The molecule has 19 heavy (non-hydrogen) atoms. The molecule has 2 heterocycles. The predicted molar refractivity (Wildman–Crippen MR) is 80.7 cm³/mol. The van der Waals surface area contributed by atoms with Crippen molar-refractivity contribution in [2.24, 2.45) is 0 Å². The molecule has 2 aliphatic rings. The minimum atomic E-state index is 0.711. The van der Waals surface area contributed by atoms with Gasteiger partial charge in [-0.15, -0.1) is 0 Å². The summed E-state index contributed by atoms with van der Waals surface area (Å²) < 4.78 is 0. The number of nitrogens with one attached hydrogen (secondary N) is 2. The zero-order valence-electron chi connectivity index (χ0n) is 11.6. The van der Waals surface area contributed by atoms with Crippen molar-refractivity contribution >= 4 is 5.69 Å². The third-order valence-corrected chi connectivity index (χ3v) is 4.43. The van der Waals surface area contributed by atoms with Crippen molar-refractivity contribution < 1.29 is 0 Å². The number of nitrogens with zero attached hydrogens (tertiary/aromatic N) is 1. The van der Waals surface area contributed by atoms with E-state index in [9.17, 15) is 0 Å². The average molecular weight is 259 g/mol. The van der Waals surface area contributed by atoms with Gasteiger partial charge in [0.1, 0.15) is 0 Å². The van der Waals surface area contributed by atoms with Crippen LogP contribution >= 0.6 is 0 Å². The number of piperidine rings is 1. The predicted octanol–water partition coefficient (Wildman–Crippen LogP) is 2.00. The lowest BCUT2D eigenvalue weighted by atomic mass is 10.0. The first-order chi connectivity index (χ1) is 9.42. The van der Waals surface area contributed by atoms with Crippen molar-refractivity contribution in [1.29, 1.82) is 0 Å². The number of rotatable bonds is 4. The number of anilines is 1. The van der Waals surface area contributed by atoms with Crippen molar-refractivity contribution in [2.45, 2.75) is 37.8 Å². The van der Waals surface area contributed by atoms with Gasteiger partial charge in [0.2, 0.25) is 0 Å². The second-order valence-corrected chi connectivity index (χ2v) is 5.80. The third-order valence-electron chi connectivity index (χ3n) is 4.43. The van der Waals surface area contributed by atoms with Gasteiger partial charge in [-0.3, -0.25) is 0 Å². The van der Waals surface area contributed by atoms with E-state index in [-0.39, 0.29) is 0 Å². The molecular weight excluding hydrogens is 234 g/mol. The van der Waals surface area contributed by atoms with Crippen LogP contribution in [0.2, 0.25) is 0 Å². The van der Waals surface area contributed by atoms with E-state index in [1.165, 1.54) is 51.0 Å². The lowest BCUT2D eigenvalue weighted by Crippen LogP contribution is -2.46. The van der Waals surface area contributed by atoms with Gasteiger partial charge in [0.25, 0.3) is 0 Å². The normalized spacial score (nSPS) is 24.8. The van der Waals surface area contributed by atoms with Gasteiger partial charge >= 0.3 is 0 Å². The molecule has 1 aromatic rings. The van der Waals surface area contributed by atoms with Gasteiger partial charge < -0.3 is 15.5 Å². The van der Waals surface area contributed by atoms with Crippen LogP contribution in [0.5, 0.6) is 0 Å². The smallest absolute Gasteiger partial charge is 0.0366 e. The van der Waals surface area contributed by atoms with Crippen LogP contribution in [-0.4, -0.2) is 38.3 Å². The maximum absolute atomic E-state index is 3.75. The highest BCUT2D eigenvalue weighted by molar-refractivity contribution is 5.46. The van der Waals surface area contributed by atoms with E-state index in [1.807, 2.05) is 0 Å². The van der Waals surface area contributed by atoms with Crippen molar-refractivity contribution in [3.05, 3.63) is 30.3 Å². The minimum Gasteiger partial charge on any atom is -0.371 e. The lowest BCUT2D eigenvalue weighted by Gasteiger charge is -2.34. The molecule has 3 nitrogen and oxygen atoms in total. The van der Waals surface area contributed by atoms with E-state index >= 15 is 0 Å². The molecule has 2 saturated heterocycles. The molecule has 2 N–H and O–H groups in total. The summed E-state index contributed by atoms with van der Waals surface area (Å²) in [7, 11) is 0. The van der Waals surface area contributed by atoms with Crippen LogP contribution < -0.4 is 15.5 Å². The van der Waals surface area contributed by atoms with Crippen molar-refractivity contribution in [3.63, 3.8) is 0 Å². The zero-order chi connectivity index (χ0) is 12.9. The Hall–Kier alpha value is -1.06. The standard InChI is InChI=1S/C16H25N3/c1-2-6-16(7-3-1)19-11-8-14(9-12-19)18-13-15-5-4-10-17-15/h1-3,6-7,14-15,17-18H,4-5,8-13H2/t15-/m0/s1. The molecule has 1 atom stereocenters. The number of hydrogen-bond donors (Lipinski definition) is 2. The fraction of sp³-hybridized carbons (Fsp3) is 0.625. The van der Waals surface area contributed by atoms with Gasteiger partial charge in [0, 0.05) is 37.4 Å². The summed E-state index contributed by atoms with van der Waals surface area (Å²) in [4.78, 5) is 2.51. The first-order valence-electron chi connectivity index (χ1n) is 7.68. The van der Waals surface area contributed by atoms with Crippen LogP contribution in [0.25, 0.3) is 0 Å². The van der Waals surface area contributed by atoms with E-state index in [0.29, 0.717) is 12.1 Å². The van der Waals surface area contributed by atoms with E-state index in [1.54, 1.807) is 0 Å². The Labute approximate surface area is 116 Å². The highest BCUT2D eigenvalue weighted by Gasteiger charge is 2.21. The van der Waals surface area contributed by atoms with Gasteiger partial charge in [0.15, 0.2) is 0 Å². The number of para-hydroxylation sites is 1. The fourth-order valence-corrected chi connectivity index (χ4v) is 3.22. The molecule has 0 bridgehead atoms. The maximum atomic E-state index is 3.75. The summed E-state index contributed by atoms with van der Waals surface area (Å²) >= 11 is 0. The Bertz CT molecular complexity index is 365.